The number of thioether (sulfide) groups is 1. The second-order valence-corrected chi connectivity index (χ2v) is 8.40. The van der Waals surface area contributed by atoms with Gasteiger partial charge in [0.25, 0.3) is 0 Å². The minimum atomic E-state index is -0.0572. The van der Waals surface area contributed by atoms with Gasteiger partial charge in [0.2, 0.25) is 5.91 Å². The average Bonchev–Trinajstić information content (AvgIpc) is 3.20. The van der Waals surface area contributed by atoms with Gasteiger partial charge in [-0.05, 0) is 42.1 Å². The van der Waals surface area contributed by atoms with Gasteiger partial charge in [-0.2, -0.15) is 0 Å². The smallest absolute Gasteiger partial charge is 0.234 e. The predicted octanol–water partition coefficient (Wildman–Crippen LogP) is 4.27. The molecule has 0 fully saturated rings. The number of carbonyl (C=O) groups is 1. The lowest BCUT2D eigenvalue weighted by atomic mass is 10.2. The fraction of sp³-hybridized carbons (Fsp3) is 0.235. The van der Waals surface area contributed by atoms with Gasteiger partial charge in [-0.25, -0.2) is 0 Å². The topological polar surface area (TPSA) is 59.8 Å². The van der Waals surface area contributed by atoms with Crippen LogP contribution in [0.3, 0.4) is 0 Å². The van der Waals surface area contributed by atoms with Crippen LogP contribution < -0.4 is 5.32 Å². The van der Waals surface area contributed by atoms with Crippen molar-refractivity contribution in [2.75, 3.05) is 11.1 Å². The zero-order valence-corrected chi connectivity index (χ0v) is 17.0. The second-order valence-electron chi connectivity index (χ2n) is 5.51. The first-order chi connectivity index (χ1) is 12.0. The summed E-state index contributed by atoms with van der Waals surface area (Å²) in [6.07, 6.45) is 0.756. The monoisotopic (exact) mass is 436 g/mol. The van der Waals surface area contributed by atoms with Crippen molar-refractivity contribution < 1.29 is 4.79 Å². The molecule has 2 heterocycles. The minimum absolute atomic E-state index is 0.0572. The molecule has 25 heavy (non-hydrogen) atoms. The van der Waals surface area contributed by atoms with Gasteiger partial charge in [-0.15, -0.1) is 21.5 Å². The molecule has 5 nitrogen and oxygen atoms in total. The number of aromatic nitrogens is 3. The van der Waals surface area contributed by atoms with E-state index < -0.39 is 0 Å². The van der Waals surface area contributed by atoms with Gasteiger partial charge in [-0.1, -0.05) is 33.8 Å². The normalized spacial score (nSPS) is 10.8. The molecule has 1 amide bonds. The Morgan fingerprint density at radius 3 is 2.92 bits per heavy atom. The summed E-state index contributed by atoms with van der Waals surface area (Å²) in [4.78, 5) is 13.4. The van der Waals surface area contributed by atoms with Crippen LogP contribution in [-0.2, 0) is 18.3 Å². The van der Waals surface area contributed by atoms with Gasteiger partial charge < -0.3 is 9.88 Å². The molecule has 0 atom stereocenters. The number of hydrogen-bond acceptors (Lipinski definition) is 5. The molecule has 0 aliphatic heterocycles. The third-order valence-corrected chi connectivity index (χ3v) is 6.02. The quantitative estimate of drug-likeness (QED) is 0.586. The summed E-state index contributed by atoms with van der Waals surface area (Å²) in [5.74, 6) is 1.13. The Morgan fingerprint density at radius 1 is 1.36 bits per heavy atom. The molecule has 130 valence electrons. The summed E-state index contributed by atoms with van der Waals surface area (Å²) >= 11 is 6.51. The Bertz CT molecular complexity index is 877. The first kappa shape index (κ1) is 18.2. The van der Waals surface area contributed by atoms with Gasteiger partial charge in [0.15, 0.2) is 5.16 Å². The van der Waals surface area contributed by atoms with Crippen molar-refractivity contribution >= 4 is 50.6 Å². The molecule has 0 aliphatic carbocycles. The molecule has 0 unspecified atom stereocenters. The number of hydrogen-bond donors (Lipinski definition) is 1. The van der Waals surface area contributed by atoms with Crippen LogP contribution in [0.1, 0.15) is 16.3 Å². The molecule has 0 spiro atoms. The molecule has 8 heteroatoms. The number of carbonyl (C=O) groups excluding carboxylic acids is 1. The molecule has 1 N–H and O–H groups in total. The Balaban J connectivity index is 1.58. The van der Waals surface area contributed by atoms with E-state index in [0.29, 0.717) is 5.75 Å². The van der Waals surface area contributed by atoms with Crippen LogP contribution in [-0.4, -0.2) is 26.4 Å². The summed E-state index contributed by atoms with van der Waals surface area (Å²) in [5, 5.41) is 14.2. The van der Waals surface area contributed by atoms with Crippen LogP contribution in [0.5, 0.6) is 0 Å². The van der Waals surface area contributed by atoms with E-state index in [1.807, 2.05) is 42.8 Å². The van der Waals surface area contributed by atoms with Crippen LogP contribution in [0, 0.1) is 6.92 Å². The Morgan fingerprint density at radius 2 is 2.20 bits per heavy atom. The summed E-state index contributed by atoms with van der Waals surface area (Å²) in [6, 6.07) is 9.89. The lowest BCUT2D eigenvalue weighted by Crippen LogP contribution is -2.15. The largest absolute Gasteiger partial charge is 0.325 e. The lowest BCUT2D eigenvalue weighted by Gasteiger charge is -2.08. The molecule has 0 bridgehead atoms. The molecule has 0 saturated heterocycles. The van der Waals surface area contributed by atoms with Gasteiger partial charge in [0.1, 0.15) is 5.82 Å². The van der Waals surface area contributed by atoms with Crippen LogP contribution >= 0.6 is 39.0 Å². The van der Waals surface area contributed by atoms with Gasteiger partial charge in [0.05, 0.1) is 5.75 Å². The summed E-state index contributed by atoms with van der Waals surface area (Å²) in [6.45, 7) is 1.97. The predicted molar refractivity (Wildman–Crippen MR) is 106 cm³/mol. The molecule has 3 rings (SSSR count). The van der Waals surface area contributed by atoms with Crippen LogP contribution in [0.25, 0.3) is 0 Å². The number of rotatable bonds is 6. The Kier molecular flexibility index (Phi) is 5.93. The molecule has 3 aromatic rings. The van der Waals surface area contributed by atoms with Crippen molar-refractivity contribution in [2.45, 2.75) is 18.5 Å². The number of thiophene rings is 1. The molecule has 0 radical (unpaired) electrons. The zero-order valence-electron chi connectivity index (χ0n) is 13.8. The third kappa shape index (κ3) is 4.71. The number of nitrogens with one attached hydrogen (secondary N) is 1. The molecule has 2 aromatic heterocycles. The second kappa shape index (κ2) is 8.16. The highest BCUT2D eigenvalue weighted by molar-refractivity contribution is 9.10. The highest BCUT2D eigenvalue weighted by Crippen LogP contribution is 2.22. The summed E-state index contributed by atoms with van der Waals surface area (Å²) < 4.78 is 2.94. The van der Waals surface area contributed by atoms with Crippen LogP contribution in [0.4, 0.5) is 5.69 Å². The number of halogens is 1. The van der Waals surface area contributed by atoms with E-state index in [9.17, 15) is 4.79 Å². The maximum Gasteiger partial charge on any atom is 0.234 e. The van der Waals surface area contributed by atoms with E-state index in [1.165, 1.54) is 16.6 Å². The van der Waals surface area contributed by atoms with Gasteiger partial charge >= 0.3 is 0 Å². The first-order valence-corrected chi connectivity index (χ1v) is 10.3. The fourth-order valence-electron chi connectivity index (χ4n) is 2.28. The van der Waals surface area contributed by atoms with E-state index in [0.717, 1.165) is 33.1 Å². The Hall–Kier alpha value is -1.64. The molecular formula is C17H17BrN4OS2. The molecule has 0 aliphatic rings. The van der Waals surface area contributed by atoms with E-state index in [-0.39, 0.29) is 5.91 Å². The number of benzene rings is 1. The average molecular weight is 437 g/mol. The van der Waals surface area contributed by atoms with E-state index >= 15 is 0 Å². The lowest BCUT2D eigenvalue weighted by molar-refractivity contribution is -0.113. The highest BCUT2D eigenvalue weighted by Gasteiger charge is 2.13. The Labute approximate surface area is 163 Å². The number of aryl methyl sites for hydroxylation is 1. The standard InChI is InChI=1S/C17H17BrN4OS2/c1-11-8-12(18)5-6-14(11)19-16(23)10-25-17-21-20-15(22(17)2)9-13-4-3-7-24-13/h3-8H,9-10H2,1-2H3,(H,19,23). The maximum absolute atomic E-state index is 12.2. The third-order valence-electron chi connectivity index (χ3n) is 3.63. The molecule has 1 aromatic carbocycles. The zero-order chi connectivity index (χ0) is 17.8. The van der Waals surface area contributed by atoms with Crippen molar-refractivity contribution in [3.63, 3.8) is 0 Å². The number of anilines is 1. The number of amides is 1. The van der Waals surface area contributed by atoms with E-state index in [2.05, 4.69) is 42.9 Å². The van der Waals surface area contributed by atoms with Crippen molar-refractivity contribution in [3.8, 4) is 0 Å². The molecule has 0 saturated carbocycles. The highest BCUT2D eigenvalue weighted by atomic mass is 79.9. The van der Waals surface area contributed by atoms with E-state index in [1.54, 1.807) is 11.3 Å². The maximum atomic E-state index is 12.2. The van der Waals surface area contributed by atoms with Crippen LogP contribution in [0.2, 0.25) is 0 Å². The summed E-state index contributed by atoms with van der Waals surface area (Å²) in [5.41, 5.74) is 1.84. The summed E-state index contributed by atoms with van der Waals surface area (Å²) in [7, 11) is 1.93. The molecular weight excluding hydrogens is 420 g/mol. The minimum Gasteiger partial charge on any atom is -0.325 e. The fourth-order valence-corrected chi connectivity index (χ4v) is 4.18. The number of nitrogens with zero attached hydrogens (tertiary/aromatic N) is 3. The first-order valence-electron chi connectivity index (χ1n) is 7.62. The van der Waals surface area contributed by atoms with Gasteiger partial charge in [0, 0.05) is 28.5 Å². The van der Waals surface area contributed by atoms with Crippen molar-refractivity contribution in [2.24, 2.45) is 7.05 Å². The van der Waals surface area contributed by atoms with Gasteiger partial charge in [-0.3, -0.25) is 4.79 Å². The van der Waals surface area contributed by atoms with E-state index in [4.69, 9.17) is 0 Å². The van der Waals surface area contributed by atoms with Crippen molar-refractivity contribution in [1.29, 1.82) is 0 Å². The SMILES string of the molecule is Cc1cc(Br)ccc1NC(=O)CSc1nnc(Cc2cccs2)n1C. The van der Waals surface area contributed by atoms with Crippen molar-refractivity contribution in [1.82, 2.24) is 14.8 Å². The van der Waals surface area contributed by atoms with Crippen molar-refractivity contribution in [3.05, 3.63) is 56.4 Å². The van der Waals surface area contributed by atoms with Crippen LogP contribution in [0.15, 0.2) is 45.3 Å².